The van der Waals surface area contributed by atoms with Gasteiger partial charge in [0.25, 0.3) is 0 Å². The van der Waals surface area contributed by atoms with Gasteiger partial charge in [0.05, 0.1) is 19.6 Å². The summed E-state index contributed by atoms with van der Waals surface area (Å²) in [5.74, 6) is 0.708. The number of nitrogens with one attached hydrogen (secondary N) is 1. The van der Waals surface area contributed by atoms with Gasteiger partial charge < -0.3 is 10.1 Å². The Morgan fingerprint density at radius 3 is 2.70 bits per heavy atom. The van der Waals surface area contributed by atoms with E-state index in [0.717, 1.165) is 27.0 Å². The van der Waals surface area contributed by atoms with Crippen LogP contribution in [0.15, 0.2) is 53.9 Å². The minimum absolute atomic E-state index is 0.0475. The first kappa shape index (κ1) is 15.6. The van der Waals surface area contributed by atoms with Crippen molar-refractivity contribution < 1.29 is 9.53 Å². The first-order chi connectivity index (χ1) is 11.2. The molecule has 3 nitrogen and oxygen atoms in total. The van der Waals surface area contributed by atoms with Crippen molar-refractivity contribution in [1.29, 1.82) is 0 Å². The number of thiophene rings is 1. The maximum absolute atomic E-state index is 12.3. The molecule has 0 bridgehead atoms. The van der Waals surface area contributed by atoms with Gasteiger partial charge in [0, 0.05) is 4.88 Å². The normalized spacial score (nSPS) is 12.1. The van der Waals surface area contributed by atoms with Gasteiger partial charge >= 0.3 is 0 Å². The van der Waals surface area contributed by atoms with E-state index in [1.54, 1.807) is 18.4 Å². The number of carbonyl (C=O) groups excluding carboxylic acids is 1. The summed E-state index contributed by atoms with van der Waals surface area (Å²) in [7, 11) is 1.66. The molecule has 23 heavy (non-hydrogen) atoms. The van der Waals surface area contributed by atoms with Gasteiger partial charge in [-0.3, -0.25) is 4.79 Å². The fraction of sp³-hybridized carbons (Fsp3) is 0.211. The highest BCUT2D eigenvalue weighted by Gasteiger charge is 2.15. The molecule has 0 saturated carbocycles. The minimum atomic E-state index is -0.179. The van der Waals surface area contributed by atoms with E-state index in [0.29, 0.717) is 6.54 Å². The number of carbonyl (C=O) groups is 1. The molecule has 4 heteroatoms. The lowest BCUT2D eigenvalue weighted by atomic mass is 9.97. The molecule has 3 rings (SSSR count). The average molecular weight is 325 g/mol. The number of benzene rings is 2. The Hall–Kier alpha value is -2.33. The molecule has 2 aromatic carbocycles. The van der Waals surface area contributed by atoms with Crippen LogP contribution in [0.5, 0.6) is 5.75 Å². The summed E-state index contributed by atoms with van der Waals surface area (Å²) in [5, 5.41) is 7.24. The molecule has 1 amide bonds. The number of methoxy groups -OCH3 is 1. The second-order valence-electron chi connectivity index (χ2n) is 5.49. The van der Waals surface area contributed by atoms with E-state index in [-0.39, 0.29) is 11.8 Å². The zero-order valence-corrected chi connectivity index (χ0v) is 14.0. The van der Waals surface area contributed by atoms with Gasteiger partial charge in [-0.2, -0.15) is 0 Å². The SMILES string of the molecule is COc1ccc2cc([C@H](C)C(=O)NCc3cccs3)ccc2c1. The van der Waals surface area contributed by atoms with Crippen molar-refractivity contribution in [3.05, 3.63) is 64.4 Å². The van der Waals surface area contributed by atoms with Gasteiger partial charge in [0.1, 0.15) is 5.75 Å². The number of rotatable bonds is 5. The molecule has 118 valence electrons. The number of fused-ring (bicyclic) bond motifs is 1. The molecule has 0 fully saturated rings. The van der Waals surface area contributed by atoms with Gasteiger partial charge in [0.15, 0.2) is 0 Å². The highest BCUT2D eigenvalue weighted by atomic mass is 32.1. The summed E-state index contributed by atoms with van der Waals surface area (Å²) in [6.07, 6.45) is 0. The van der Waals surface area contributed by atoms with Crippen molar-refractivity contribution in [2.45, 2.75) is 19.4 Å². The van der Waals surface area contributed by atoms with Gasteiger partial charge in [-0.05, 0) is 46.8 Å². The summed E-state index contributed by atoms with van der Waals surface area (Å²) in [5.41, 5.74) is 1.02. The molecule has 0 saturated heterocycles. The lowest BCUT2D eigenvalue weighted by Crippen LogP contribution is -2.27. The van der Waals surface area contributed by atoms with E-state index in [1.807, 2.05) is 54.8 Å². The standard InChI is InChI=1S/C19H19NO2S/c1-13(19(21)20-12-18-4-3-9-23-18)14-5-6-16-11-17(22-2)8-7-15(16)10-14/h3-11,13H,12H2,1-2H3,(H,20,21)/t13-/m0/s1. The zero-order chi connectivity index (χ0) is 16.2. The Bertz CT molecular complexity index is 811. The van der Waals surface area contributed by atoms with E-state index in [1.165, 1.54) is 0 Å². The lowest BCUT2D eigenvalue weighted by molar-refractivity contribution is -0.122. The number of ether oxygens (including phenoxy) is 1. The Labute approximate surface area is 139 Å². The topological polar surface area (TPSA) is 38.3 Å². The van der Waals surface area contributed by atoms with Crippen LogP contribution in [0.1, 0.15) is 23.3 Å². The maximum Gasteiger partial charge on any atom is 0.227 e. The van der Waals surface area contributed by atoms with Crippen LogP contribution in [0.25, 0.3) is 10.8 Å². The van der Waals surface area contributed by atoms with Crippen molar-refractivity contribution >= 4 is 28.0 Å². The fourth-order valence-electron chi connectivity index (χ4n) is 2.53. The molecule has 0 aliphatic heterocycles. The number of hydrogen-bond donors (Lipinski definition) is 1. The van der Waals surface area contributed by atoms with Gasteiger partial charge in [0.2, 0.25) is 5.91 Å². The molecule has 0 radical (unpaired) electrons. The Morgan fingerprint density at radius 1 is 1.17 bits per heavy atom. The first-order valence-electron chi connectivity index (χ1n) is 7.55. The zero-order valence-electron chi connectivity index (χ0n) is 13.2. The van der Waals surface area contributed by atoms with Crippen LogP contribution in [0.2, 0.25) is 0 Å². The fourth-order valence-corrected chi connectivity index (χ4v) is 3.18. The average Bonchev–Trinajstić information content (AvgIpc) is 3.11. The van der Waals surface area contributed by atoms with Crippen LogP contribution in [0.3, 0.4) is 0 Å². The van der Waals surface area contributed by atoms with E-state index in [4.69, 9.17) is 4.74 Å². The van der Waals surface area contributed by atoms with Crippen LogP contribution in [-0.4, -0.2) is 13.0 Å². The van der Waals surface area contributed by atoms with Crippen molar-refractivity contribution in [2.24, 2.45) is 0 Å². The number of hydrogen-bond acceptors (Lipinski definition) is 3. The van der Waals surface area contributed by atoms with Crippen LogP contribution >= 0.6 is 11.3 Å². The van der Waals surface area contributed by atoms with Gasteiger partial charge in [-0.15, -0.1) is 11.3 Å². The van der Waals surface area contributed by atoms with Crippen LogP contribution in [0, 0.1) is 0 Å². The van der Waals surface area contributed by atoms with Crippen molar-refractivity contribution in [1.82, 2.24) is 5.32 Å². The molecule has 0 unspecified atom stereocenters. The Kier molecular flexibility index (Phi) is 4.63. The molecule has 1 heterocycles. The van der Waals surface area contributed by atoms with Crippen molar-refractivity contribution in [2.75, 3.05) is 7.11 Å². The maximum atomic E-state index is 12.3. The van der Waals surface area contributed by atoms with E-state index in [2.05, 4.69) is 11.4 Å². The van der Waals surface area contributed by atoms with E-state index < -0.39 is 0 Å². The van der Waals surface area contributed by atoms with Crippen LogP contribution in [-0.2, 0) is 11.3 Å². The van der Waals surface area contributed by atoms with Crippen LogP contribution in [0.4, 0.5) is 0 Å². The largest absolute Gasteiger partial charge is 0.497 e. The third-order valence-corrected chi connectivity index (χ3v) is 4.86. The lowest BCUT2D eigenvalue weighted by Gasteiger charge is -2.13. The monoisotopic (exact) mass is 325 g/mol. The summed E-state index contributed by atoms with van der Waals surface area (Å²) in [6.45, 7) is 2.53. The summed E-state index contributed by atoms with van der Waals surface area (Å²) in [6, 6.07) is 16.1. The quantitative estimate of drug-likeness (QED) is 0.758. The van der Waals surface area contributed by atoms with Gasteiger partial charge in [-0.25, -0.2) is 0 Å². The highest BCUT2D eigenvalue weighted by Crippen LogP contribution is 2.25. The molecular weight excluding hydrogens is 306 g/mol. The summed E-state index contributed by atoms with van der Waals surface area (Å²) in [4.78, 5) is 13.5. The second-order valence-corrected chi connectivity index (χ2v) is 6.52. The molecule has 1 aromatic heterocycles. The predicted octanol–water partition coefficient (Wildman–Crippen LogP) is 4.33. The van der Waals surface area contributed by atoms with Gasteiger partial charge in [-0.1, -0.05) is 30.3 Å². The Balaban J connectivity index is 1.74. The highest BCUT2D eigenvalue weighted by molar-refractivity contribution is 7.09. The van der Waals surface area contributed by atoms with E-state index >= 15 is 0 Å². The van der Waals surface area contributed by atoms with E-state index in [9.17, 15) is 4.79 Å². The molecule has 0 aliphatic carbocycles. The Morgan fingerprint density at radius 2 is 1.96 bits per heavy atom. The predicted molar refractivity (Wildman–Crippen MR) is 95.1 cm³/mol. The molecule has 1 N–H and O–H groups in total. The summed E-state index contributed by atoms with van der Waals surface area (Å²) >= 11 is 1.65. The third-order valence-electron chi connectivity index (χ3n) is 3.98. The smallest absolute Gasteiger partial charge is 0.227 e. The molecular formula is C19H19NO2S. The first-order valence-corrected chi connectivity index (χ1v) is 8.43. The van der Waals surface area contributed by atoms with Crippen molar-refractivity contribution in [3.8, 4) is 5.75 Å². The molecule has 3 aromatic rings. The minimum Gasteiger partial charge on any atom is -0.497 e. The van der Waals surface area contributed by atoms with Crippen LogP contribution < -0.4 is 10.1 Å². The molecule has 0 aliphatic rings. The number of amides is 1. The van der Waals surface area contributed by atoms with Crippen molar-refractivity contribution in [3.63, 3.8) is 0 Å². The summed E-state index contributed by atoms with van der Waals surface area (Å²) < 4.78 is 5.24. The third kappa shape index (κ3) is 3.54. The second kappa shape index (κ2) is 6.84. The molecule has 0 spiro atoms. The molecule has 1 atom stereocenters.